The monoisotopic (exact) mass is 387 g/mol. The molecule has 0 aliphatic heterocycles. The number of carbonyl (C=O) groups excluding carboxylic acids is 1. The molecule has 3 rings (SSSR count). The molecule has 0 spiro atoms. The van der Waals surface area contributed by atoms with Crippen LogP contribution < -0.4 is 10.6 Å². The number of rotatable bonds is 3. The van der Waals surface area contributed by atoms with Crippen LogP contribution in [0, 0.1) is 25.5 Å². The van der Waals surface area contributed by atoms with E-state index in [2.05, 4.69) is 10.4 Å². The summed E-state index contributed by atoms with van der Waals surface area (Å²) in [6.07, 6.45) is 0. The molecule has 7 nitrogen and oxygen atoms in total. The maximum absolute atomic E-state index is 14.0. The van der Waals surface area contributed by atoms with Crippen LogP contribution in [0.4, 0.5) is 19.3 Å². The molecule has 0 N–H and O–H groups in total. The highest BCUT2D eigenvalue weighted by Crippen LogP contribution is 2.24. The summed E-state index contributed by atoms with van der Waals surface area (Å²) < 4.78 is 28.9. The molecule has 1 aromatic heterocycles. The Morgan fingerprint density at radius 1 is 1.07 bits per heavy atom. The van der Waals surface area contributed by atoms with Crippen molar-refractivity contribution in [3.8, 4) is 5.69 Å². The Labute approximate surface area is 159 Å². The Kier molecular flexibility index (Phi) is 5.08. The first-order valence-electron chi connectivity index (χ1n) is 8.62. The predicted octanol–water partition coefficient (Wildman–Crippen LogP) is 3.21. The van der Waals surface area contributed by atoms with Crippen LogP contribution in [0.1, 0.15) is 25.0 Å². The number of para-hydroxylation sites is 1. The van der Waals surface area contributed by atoms with Crippen molar-refractivity contribution in [1.29, 1.82) is 0 Å². The summed E-state index contributed by atoms with van der Waals surface area (Å²) in [7, 11) is 0. The lowest BCUT2D eigenvalue weighted by molar-refractivity contribution is 0.242. The Morgan fingerprint density at radius 2 is 1.71 bits per heavy atom. The molecule has 0 saturated carbocycles. The second kappa shape index (κ2) is 7.34. The largest absolute Gasteiger partial charge is 0.377 e. The van der Waals surface area contributed by atoms with Gasteiger partial charge < -0.3 is 0 Å². The van der Waals surface area contributed by atoms with E-state index in [1.807, 2.05) is 32.0 Å². The normalized spacial score (nSPS) is 11.1. The standard InChI is InChI=1S/C19H19F2N5O2/c1-11(2)24(16-10-12(3)8-9-13(16)4)18(27)26-19(28)25(22-23-26)17-14(20)6-5-7-15(17)21/h5-11H,1-4H3. The fourth-order valence-electron chi connectivity index (χ4n) is 2.88. The van der Waals surface area contributed by atoms with Crippen molar-refractivity contribution >= 4 is 11.7 Å². The van der Waals surface area contributed by atoms with Crippen LogP contribution in [0.25, 0.3) is 5.69 Å². The van der Waals surface area contributed by atoms with Crippen molar-refractivity contribution in [2.24, 2.45) is 0 Å². The van der Waals surface area contributed by atoms with E-state index in [0.29, 0.717) is 15.1 Å². The smallest absolute Gasteiger partial charge is 0.290 e. The van der Waals surface area contributed by atoms with Crippen LogP contribution in [0.2, 0.25) is 0 Å². The van der Waals surface area contributed by atoms with Crippen molar-refractivity contribution in [2.75, 3.05) is 4.90 Å². The van der Waals surface area contributed by atoms with Crippen molar-refractivity contribution in [3.05, 3.63) is 69.6 Å². The summed E-state index contributed by atoms with van der Waals surface area (Å²) in [6, 6.07) is 7.65. The third kappa shape index (κ3) is 3.30. The van der Waals surface area contributed by atoms with Gasteiger partial charge in [0.05, 0.1) is 0 Å². The summed E-state index contributed by atoms with van der Waals surface area (Å²) in [6.45, 7) is 7.29. The molecule has 0 saturated heterocycles. The maximum Gasteiger partial charge on any atom is 0.377 e. The Morgan fingerprint density at radius 3 is 2.32 bits per heavy atom. The minimum atomic E-state index is -1.06. The van der Waals surface area contributed by atoms with Gasteiger partial charge in [0.2, 0.25) is 0 Å². The van der Waals surface area contributed by atoms with E-state index in [0.717, 1.165) is 29.3 Å². The molecule has 146 valence electrons. The molecule has 3 aromatic rings. The topological polar surface area (TPSA) is 73.0 Å². The van der Waals surface area contributed by atoms with Crippen LogP contribution in [0.5, 0.6) is 0 Å². The third-order valence-corrected chi connectivity index (χ3v) is 4.26. The van der Waals surface area contributed by atoms with E-state index in [9.17, 15) is 18.4 Å². The molecule has 0 fully saturated rings. The van der Waals surface area contributed by atoms with Crippen LogP contribution in [0.3, 0.4) is 0 Å². The van der Waals surface area contributed by atoms with Gasteiger partial charge in [-0.05, 0) is 67.4 Å². The number of aryl methyl sites for hydroxylation is 2. The van der Waals surface area contributed by atoms with Crippen molar-refractivity contribution in [3.63, 3.8) is 0 Å². The minimum Gasteiger partial charge on any atom is -0.290 e. The summed E-state index contributed by atoms with van der Waals surface area (Å²) >= 11 is 0. The average Bonchev–Trinajstić information content (AvgIpc) is 2.99. The van der Waals surface area contributed by atoms with Crippen LogP contribution in [-0.4, -0.2) is 31.9 Å². The van der Waals surface area contributed by atoms with E-state index in [1.54, 1.807) is 13.8 Å². The molecule has 0 radical (unpaired) electrons. The fraction of sp³-hybridized carbons (Fsp3) is 0.263. The second-order valence-corrected chi connectivity index (χ2v) is 6.69. The Hall–Kier alpha value is -3.36. The lowest BCUT2D eigenvalue weighted by Crippen LogP contribution is -2.45. The summed E-state index contributed by atoms with van der Waals surface area (Å²) in [4.78, 5) is 27.1. The number of anilines is 1. The van der Waals surface area contributed by atoms with E-state index in [1.165, 1.54) is 4.90 Å². The Bertz CT molecular complexity index is 1080. The molecule has 0 atom stereocenters. The number of aromatic nitrogens is 4. The zero-order chi connectivity index (χ0) is 20.6. The quantitative estimate of drug-likeness (QED) is 0.647. The van der Waals surface area contributed by atoms with Gasteiger partial charge in [-0.25, -0.2) is 18.4 Å². The summed E-state index contributed by atoms with van der Waals surface area (Å²) in [5.74, 6) is -1.98. The van der Waals surface area contributed by atoms with E-state index in [4.69, 9.17) is 0 Å². The number of nitrogens with zero attached hydrogens (tertiary/aromatic N) is 5. The Balaban J connectivity index is 2.11. The maximum atomic E-state index is 14.0. The zero-order valence-electron chi connectivity index (χ0n) is 15.8. The van der Waals surface area contributed by atoms with Gasteiger partial charge in [0.1, 0.15) is 5.69 Å². The van der Waals surface area contributed by atoms with Crippen molar-refractivity contribution in [2.45, 2.75) is 33.7 Å². The highest BCUT2D eigenvalue weighted by molar-refractivity contribution is 5.94. The molecule has 2 aromatic carbocycles. The third-order valence-electron chi connectivity index (χ3n) is 4.26. The van der Waals surface area contributed by atoms with Crippen molar-refractivity contribution in [1.82, 2.24) is 19.8 Å². The number of carbonyl (C=O) groups is 1. The molecule has 0 bridgehead atoms. The number of hydrogen-bond donors (Lipinski definition) is 0. The van der Waals surface area contributed by atoms with Gasteiger partial charge in [-0.3, -0.25) is 4.90 Å². The molecular weight excluding hydrogens is 368 g/mol. The highest BCUT2D eigenvalue weighted by atomic mass is 19.1. The van der Waals surface area contributed by atoms with Gasteiger partial charge in [-0.2, -0.15) is 4.68 Å². The number of halogens is 2. The molecule has 0 aliphatic rings. The number of hydrogen-bond acceptors (Lipinski definition) is 4. The first-order valence-corrected chi connectivity index (χ1v) is 8.62. The summed E-state index contributed by atoms with van der Waals surface area (Å²) in [5, 5.41) is 7.04. The molecule has 1 amide bonds. The van der Waals surface area contributed by atoms with Gasteiger partial charge in [-0.15, -0.1) is 4.68 Å². The fourth-order valence-corrected chi connectivity index (χ4v) is 2.88. The number of amides is 1. The van der Waals surface area contributed by atoms with Crippen LogP contribution >= 0.6 is 0 Å². The number of benzene rings is 2. The average molecular weight is 387 g/mol. The summed E-state index contributed by atoms with van der Waals surface area (Å²) in [5.41, 5.74) is 0.620. The molecule has 1 heterocycles. The highest BCUT2D eigenvalue weighted by Gasteiger charge is 2.27. The van der Waals surface area contributed by atoms with Crippen LogP contribution in [-0.2, 0) is 0 Å². The zero-order valence-corrected chi connectivity index (χ0v) is 15.8. The van der Waals surface area contributed by atoms with E-state index < -0.39 is 29.0 Å². The van der Waals surface area contributed by atoms with E-state index in [-0.39, 0.29) is 6.04 Å². The lowest BCUT2D eigenvalue weighted by Gasteiger charge is -2.27. The molecular formula is C19H19F2N5O2. The van der Waals surface area contributed by atoms with Crippen LogP contribution in [0.15, 0.2) is 41.2 Å². The minimum absolute atomic E-state index is 0.310. The van der Waals surface area contributed by atoms with Gasteiger partial charge in [0.15, 0.2) is 11.6 Å². The second-order valence-electron chi connectivity index (χ2n) is 6.69. The molecule has 0 unspecified atom stereocenters. The van der Waals surface area contributed by atoms with Crippen molar-refractivity contribution < 1.29 is 13.6 Å². The molecule has 0 aliphatic carbocycles. The van der Waals surface area contributed by atoms with Gasteiger partial charge in [-0.1, -0.05) is 18.2 Å². The first-order chi connectivity index (χ1) is 13.2. The molecule has 9 heteroatoms. The lowest BCUT2D eigenvalue weighted by atomic mass is 10.1. The first kappa shape index (κ1) is 19.4. The number of tetrazole rings is 1. The van der Waals surface area contributed by atoms with E-state index >= 15 is 0 Å². The molecule has 28 heavy (non-hydrogen) atoms. The van der Waals surface area contributed by atoms with Gasteiger partial charge in [0.25, 0.3) is 0 Å². The van der Waals surface area contributed by atoms with Gasteiger partial charge >= 0.3 is 11.7 Å². The predicted molar refractivity (Wildman–Crippen MR) is 99.9 cm³/mol. The SMILES string of the molecule is Cc1ccc(C)c(N(C(=O)n2nnn(-c3c(F)cccc3F)c2=O)C(C)C)c1. The van der Waals surface area contributed by atoms with Gasteiger partial charge in [0, 0.05) is 11.7 Å².